The first-order valence-corrected chi connectivity index (χ1v) is 10.4. The fraction of sp³-hybridized carbons (Fsp3) is 0.192. The van der Waals surface area contributed by atoms with Crippen LogP contribution < -0.4 is 24.3 Å². The van der Waals surface area contributed by atoms with E-state index >= 15 is 0 Å². The molecule has 0 spiro atoms. The second kappa shape index (κ2) is 9.92. The van der Waals surface area contributed by atoms with Crippen LogP contribution in [0.15, 0.2) is 72.9 Å². The number of aryl methyl sites for hydroxylation is 1. The number of hydrogen-bond acceptors (Lipinski definition) is 6. The van der Waals surface area contributed by atoms with Crippen molar-refractivity contribution < 1.29 is 18.9 Å². The topological polar surface area (TPSA) is 61.8 Å². The van der Waals surface area contributed by atoms with E-state index in [1.807, 2.05) is 54.6 Å². The minimum absolute atomic E-state index is 0.561. The zero-order valence-electron chi connectivity index (χ0n) is 18.4. The summed E-state index contributed by atoms with van der Waals surface area (Å²) in [5.41, 5.74) is 3.11. The zero-order valence-corrected chi connectivity index (χ0v) is 18.4. The van der Waals surface area contributed by atoms with Crippen molar-refractivity contribution in [3.63, 3.8) is 0 Å². The molecule has 1 heterocycles. The van der Waals surface area contributed by atoms with Crippen molar-refractivity contribution in [1.82, 2.24) is 4.98 Å². The number of benzene rings is 3. The molecule has 0 amide bonds. The number of rotatable bonds is 9. The fourth-order valence-corrected chi connectivity index (χ4v) is 3.39. The molecule has 1 N–H and O–H groups in total. The van der Waals surface area contributed by atoms with Gasteiger partial charge < -0.3 is 24.3 Å². The molecule has 4 rings (SSSR count). The first-order chi connectivity index (χ1) is 15.7. The predicted molar refractivity (Wildman–Crippen MR) is 127 cm³/mol. The number of pyridine rings is 1. The second-order valence-corrected chi connectivity index (χ2v) is 7.20. The molecular formula is C26H26N2O4. The van der Waals surface area contributed by atoms with Gasteiger partial charge in [-0.3, -0.25) is 4.98 Å². The SMILES string of the molecule is COc1cc2nccc(Oc3ccc(OCCNc4ccccc4C)cc3)c2cc1OC. The van der Waals surface area contributed by atoms with E-state index in [2.05, 4.69) is 29.4 Å². The summed E-state index contributed by atoms with van der Waals surface area (Å²) < 4.78 is 22.7. The number of ether oxygens (including phenoxy) is 4. The molecule has 0 saturated heterocycles. The van der Waals surface area contributed by atoms with Crippen molar-refractivity contribution in [1.29, 1.82) is 0 Å². The first-order valence-electron chi connectivity index (χ1n) is 10.4. The summed E-state index contributed by atoms with van der Waals surface area (Å²) in [4.78, 5) is 4.41. The Morgan fingerprint density at radius 1 is 0.812 bits per heavy atom. The molecule has 0 aliphatic heterocycles. The highest BCUT2D eigenvalue weighted by Crippen LogP contribution is 2.37. The lowest BCUT2D eigenvalue weighted by Gasteiger charge is -2.13. The van der Waals surface area contributed by atoms with Crippen LogP contribution in [0.3, 0.4) is 0 Å². The van der Waals surface area contributed by atoms with Crippen LogP contribution in [0.25, 0.3) is 10.9 Å². The van der Waals surface area contributed by atoms with Gasteiger partial charge in [0.15, 0.2) is 11.5 Å². The van der Waals surface area contributed by atoms with Crippen LogP contribution in [0.5, 0.6) is 28.7 Å². The number of para-hydroxylation sites is 1. The van der Waals surface area contributed by atoms with Crippen molar-refractivity contribution in [2.24, 2.45) is 0 Å². The highest BCUT2D eigenvalue weighted by molar-refractivity contribution is 5.88. The molecule has 0 aliphatic rings. The van der Waals surface area contributed by atoms with Crippen LogP contribution in [0, 0.1) is 6.92 Å². The van der Waals surface area contributed by atoms with Crippen LogP contribution in [0.4, 0.5) is 5.69 Å². The van der Waals surface area contributed by atoms with E-state index in [0.717, 1.165) is 28.9 Å². The fourth-order valence-electron chi connectivity index (χ4n) is 3.39. The third-order valence-corrected chi connectivity index (χ3v) is 5.09. The van der Waals surface area contributed by atoms with Crippen LogP contribution in [0.1, 0.15) is 5.56 Å². The Hall–Kier alpha value is -3.93. The molecule has 6 heteroatoms. The van der Waals surface area contributed by atoms with Crippen LogP contribution in [0.2, 0.25) is 0 Å². The van der Waals surface area contributed by atoms with Crippen LogP contribution in [-0.4, -0.2) is 32.4 Å². The summed E-state index contributed by atoms with van der Waals surface area (Å²) in [6, 6.07) is 21.3. The third kappa shape index (κ3) is 4.86. The molecule has 0 fully saturated rings. The first kappa shape index (κ1) is 21.3. The van der Waals surface area contributed by atoms with Crippen molar-refractivity contribution in [2.75, 3.05) is 32.7 Å². The summed E-state index contributed by atoms with van der Waals surface area (Å²) in [6.07, 6.45) is 1.71. The van der Waals surface area contributed by atoms with E-state index in [1.54, 1.807) is 20.4 Å². The number of nitrogens with one attached hydrogen (secondary N) is 1. The molecule has 6 nitrogen and oxygen atoms in total. The van der Waals surface area contributed by atoms with Gasteiger partial charge in [0.25, 0.3) is 0 Å². The van der Waals surface area contributed by atoms with Gasteiger partial charge in [0.2, 0.25) is 0 Å². The highest BCUT2D eigenvalue weighted by Gasteiger charge is 2.11. The minimum atomic E-state index is 0.561. The quantitative estimate of drug-likeness (QED) is 0.337. The number of methoxy groups -OCH3 is 2. The molecule has 0 unspecified atom stereocenters. The molecule has 0 radical (unpaired) electrons. The van der Waals surface area contributed by atoms with E-state index in [1.165, 1.54) is 5.56 Å². The van der Waals surface area contributed by atoms with Gasteiger partial charge in [-0.1, -0.05) is 18.2 Å². The number of nitrogens with zero attached hydrogens (tertiary/aromatic N) is 1. The van der Waals surface area contributed by atoms with Gasteiger partial charge in [-0.2, -0.15) is 0 Å². The van der Waals surface area contributed by atoms with Gasteiger partial charge in [0.05, 0.1) is 19.7 Å². The minimum Gasteiger partial charge on any atom is -0.493 e. The predicted octanol–water partition coefficient (Wildman–Crippen LogP) is 5.84. The maximum Gasteiger partial charge on any atom is 0.162 e. The van der Waals surface area contributed by atoms with Gasteiger partial charge in [0.1, 0.15) is 23.9 Å². The Morgan fingerprint density at radius 3 is 2.28 bits per heavy atom. The summed E-state index contributed by atoms with van der Waals surface area (Å²) in [7, 11) is 3.21. The van der Waals surface area contributed by atoms with Gasteiger partial charge >= 0.3 is 0 Å². The maximum absolute atomic E-state index is 6.11. The smallest absolute Gasteiger partial charge is 0.162 e. The standard InChI is InChI=1S/C26H26N2O4/c1-18-6-4-5-7-22(18)28-14-15-31-19-8-10-20(11-9-19)32-24-12-13-27-23-17-26(30-3)25(29-2)16-21(23)24/h4-13,16-17,28H,14-15H2,1-3H3. The second-order valence-electron chi connectivity index (χ2n) is 7.20. The zero-order chi connectivity index (χ0) is 22.3. The molecular weight excluding hydrogens is 404 g/mol. The van der Waals surface area contributed by atoms with E-state index in [9.17, 15) is 0 Å². The largest absolute Gasteiger partial charge is 0.493 e. The maximum atomic E-state index is 6.11. The molecule has 0 aliphatic carbocycles. The molecule has 0 bridgehead atoms. The van der Waals surface area contributed by atoms with Crippen LogP contribution >= 0.6 is 0 Å². The van der Waals surface area contributed by atoms with Gasteiger partial charge in [0, 0.05) is 29.9 Å². The van der Waals surface area contributed by atoms with Crippen molar-refractivity contribution in [3.05, 3.63) is 78.5 Å². The molecule has 0 saturated carbocycles. The Balaban J connectivity index is 1.39. The number of fused-ring (bicyclic) bond motifs is 1. The lowest BCUT2D eigenvalue weighted by Crippen LogP contribution is -2.12. The number of anilines is 1. The summed E-state index contributed by atoms with van der Waals surface area (Å²) in [5.74, 6) is 3.43. The molecule has 32 heavy (non-hydrogen) atoms. The lowest BCUT2D eigenvalue weighted by atomic mass is 10.2. The summed E-state index contributed by atoms with van der Waals surface area (Å²) >= 11 is 0. The van der Waals surface area contributed by atoms with E-state index < -0.39 is 0 Å². The van der Waals surface area contributed by atoms with Crippen molar-refractivity contribution >= 4 is 16.6 Å². The van der Waals surface area contributed by atoms with Crippen molar-refractivity contribution in [3.8, 4) is 28.7 Å². The lowest BCUT2D eigenvalue weighted by molar-refractivity contribution is 0.332. The normalized spacial score (nSPS) is 10.6. The summed E-state index contributed by atoms with van der Waals surface area (Å²) in [5, 5.41) is 4.23. The van der Waals surface area contributed by atoms with Gasteiger partial charge in [-0.05, 0) is 55.0 Å². The van der Waals surface area contributed by atoms with Gasteiger partial charge in [-0.15, -0.1) is 0 Å². The molecule has 1 aromatic heterocycles. The molecule has 3 aromatic carbocycles. The van der Waals surface area contributed by atoms with Crippen LogP contribution in [-0.2, 0) is 0 Å². The van der Waals surface area contributed by atoms with Gasteiger partial charge in [-0.25, -0.2) is 0 Å². The van der Waals surface area contributed by atoms with Crippen molar-refractivity contribution in [2.45, 2.75) is 6.92 Å². The Labute approximate surface area is 187 Å². The number of aromatic nitrogens is 1. The van der Waals surface area contributed by atoms with E-state index in [0.29, 0.717) is 29.6 Å². The molecule has 164 valence electrons. The molecule has 4 aromatic rings. The van der Waals surface area contributed by atoms with E-state index in [4.69, 9.17) is 18.9 Å². The average molecular weight is 431 g/mol. The Kier molecular flexibility index (Phi) is 6.60. The molecule has 0 atom stereocenters. The summed E-state index contributed by atoms with van der Waals surface area (Å²) in [6.45, 7) is 3.36. The third-order valence-electron chi connectivity index (χ3n) is 5.09. The highest BCUT2D eigenvalue weighted by atomic mass is 16.5. The Morgan fingerprint density at radius 2 is 1.53 bits per heavy atom. The average Bonchev–Trinajstić information content (AvgIpc) is 2.83. The monoisotopic (exact) mass is 430 g/mol. The van der Waals surface area contributed by atoms with E-state index in [-0.39, 0.29) is 0 Å². The Bertz CT molecular complexity index is 1190. The number of hydrogen-bond donors (Lipinski definition) is 1.